The Labute approximate surface area is 203 Å². The Kier molecular flexibility index (Phi) is 5.35. The molecule has 0 radical (unpaired) electrons. The van der Waals surface area contributed by atoms with Crippen molar-refractivity contribution >= 4 is 33.1 Å². The lowest BCUT2D eigenvalue weighted by molar-refractivity contribution is 0.357. The van der Waals surface area contributed by atoms with Crippen LogP contribution in [0.15, 0.2) is 89.2 Å². The number of aryl methyl sites for hydroxylation is 1. The summed E-state index contributed by atoms with van der Waals surface area (Å²) in [5.41, 5.74) is 9.77. The lowest BCUT2D eigenvalue weighted by atomic mass is 9.88. The van der Waals surface area contributed by atoms with Crippen LogP contribution in [0.1, 0.15) is 28.2 Å². The second-order valence-electron chi connectivity index (χ2n) is 8.18. The molecule has 2 aliphatic heterocycles. The van der Waals surface area contributed by atoms with Crippen LogP contribution in [0.3, 0.4) is 0 Å². The van der Waals surface area contributed by atoms with Gasteiger partial charge in [0.25, 0.3) is 10.0 Å². The first-order valence-electron chi connectivity index (χ1n) is 10.6. The van der Waals surface area contributed by atoms with E-state index in [2.05, 4.69) is 6.07 Å². The molecule has 3 aromatic rings. The average Bonchev–Trinajstić information content (AvgIpc) is 2.82. The first-order chi connectivity index (χ1) is 16.3. The number of rotatable bonds is 3. The number of para-hydroxylation sites is 1. The number of nitrogens with two attached hydrogens (primary N) is 1. The van der Waals surface area contributed by atoms with Crippen LogP contribution in [0, 0.1) is 18.3 Å². The normalized spacial score (nSPS) is 18.6. The van der Waals surface area contributed by atoms with Crippen molar-refractivity contribution in [3.8, 4) is 6.07 Å². The molecule has 0 fully saturated rings. The highest BCUT2D eigenvalue weighted by Crippen LogP contribution is 2.51. The number of benzene rings is 3. The third kappa shape index (κ3) is 3.52. The summed E-state index contributed by atoms with van der Waals surface area (Å²) in [7, 11) is -4.11. The Bertz CT molecular complexity index is 1500. The molecule has 2 aliphatic rings. The van der Waals surface area contributed by atoms with E-state index in [4.69, 9.17) is 22.1 Å². The molecule has 0 saturated carbocycles. The zero-order valence-corrected chi connectivity index (χ0v) is 19.8. The van der Waals surface area contributed by atoms with Crippen LogP contribution in [0.25, 0.3) is 5.76 Å². The van der Waals surface area contributed by atoms with Crippen LogP contribution in [0.5, 0.6) is 0 Å². The average molecular weight is 490 g/mol. The highest BCUT2D eigenvalue weighted by molar-refractivity contribution is 7.96. The smallest absolute Gasteiger partial charge is 0.265 e. The summed E-state index contributed by atoms with van der Waals surface area (Å²) in [6.45, 7) is 2.11. The molecule has 3 aromatic carbocycles. The first kappa shape index (κ1) is 22.1. The van der Waals surface area contributed by atoms with E-state index >= 15 is 0 Å². The highest BCUT2D eigenvalue weighted by Gasteiger charge is 2.47. The minimum Gasteiger partial charge on any atom is -0.439 e. The van der Waals surface area contributed by atoms with Gasteiger partial charge in [-0.2, -0.15) is 5.26 Å². The van der Waals surface area contributed by atoms with Crippen molar-refractivity contribution in [2.75, 3.05) is 4.31 Å². The summed E-state index contributed by atoms with van der Waals surface area (Å²) in [5, 5.41) is 10.4. The maximum atomic E-state index is 14.2. The Morgan fingerprint density at radius 1 is 1.06 bits per heavy atom. The van der Waals surface area contributed by atoms with E-state index in [1.165, 1.54) is 4.31 Å². The lowest BCUT2D eigenvalue weighted by Gasteiger charge is -2.38. The Balaban J connectivity index is 1.75. The summed E-state index contributed by atoms with van der Waals surface area (Å²) in [4.78, 5) is -0.00798. The second-order valence-corrected chi connectivity index (χ2v) is 10.5. The largest absolute Gasteiger partial charge is 0.439 e. The summed E-state index contributed by atoms with van der Waals surface area (Å²) >= 11 is 6.07. The Morgan fingerprint density at radius 2 is 1.74 bits per heavy atom. The van der Waals surface area contributed by atoms with Gasteiger partial charge in [-0.15, -0.1) is 0 Å². The van der Waals surface area contributed by atoms with E-state index < -0.39 is 15.9 Å². The van der Waals surface area contributed by atoms with E-state index in [9.17, 15) is 13.7 Å². The van der Waals surface area contributed by atoms with Gasteiger partial charge < -0.3 is 10.5 Å². The van der Waals surface area contributed by atoms with Crippen LogP contribution in [-0.2, 0) is 21.3 Å². The van der Waals surface area contributed by atoms with E-state index in [-0.39, 0.29) is 28.7 Å². The molecule has 0 aromatic heterocycles. The minimum absolute atomic E-state index is 0.00798. The van der Waals surface area contributed by atoms with E-state index in [1.54, 1.807) is 42.5 Å². The fourth-order valence-electron chi connectivity index (χ4n) is 4.33. The van der Waals surface area contributed by atoms with Gasteiger partial charge in [0.1, 0.15) is 16.5 Å². The number of nitriles is 1. The van der Waals surface area contributed by atoms with E-state index in [0.717, 1.165) is 11.1 Å². The maximum absolute atomic E-state index is 14.2. The quantitative estimate of drug-likeness (QED) is 0.547. The third-order valence-electron chi connectivity index (χ3n) is 6.01. The number of allylic oxidation sites excluding steroid dienone is 2. The fraction of sp³-hybridized carbons (Fsp3) is 0.115. The minimum atomic E-state index is -4.11. The summed E-state index contributed by atoms with van der Waals surface area (Å²) in [5.74, 6) is -0.893. The van der Waals surface area contributed by atoms with Gasteiger partial charge in [0, 0.05) is 10.6 Å². The van der Waals surface area contributed by atoms with Gasteiger partial charge in [0.15, 0.2) is 5.76 Å². The Hall–Kier alpha value is -3.73. The molecule has 2 heterocycles. The molecule has 8 heteroatoms. The van der Waals surface area contributed by atoms with Gasteiger partial charge in [0.05, 0.1) is 18.2 Å². The first-order valence-corrected chi connectivity index (χ1v) is 12.4. The van der Waals surface area contributed by atoms with Crippen LogP contribution in [-0.4, -0.2) is 8.42 Å². The predicted octanol–water partition coefficient (Wildman–Crippen LogP) is 5.17. The Morgan fingerprint density at radius 3 is 2.41 bits per heavy atom. The molecule has 0 aliphatic carbocycles. The van der Waals surface area contributed by atoms with Crippen molar-refractivity contribution in [3.63, 3.8) is 0 Å². The molecular weight excluding hydrogens is 470 g/mol. The number of anilines is 1. The van der Waals surface area contributed by atoms with Crippen LogP contribution in [0.2, 0.25) is 5.02 Å². The van der Waals surface area contributed by atoms with Crippen LogP contribution >= 0.6 is 11.6 Å². The van der Waals surface area contributed by atoms with Gasteiger partial charge in [-0.1, -0.05) is 65.7 Å². The summed E-state index contributed by atoms with van der Waals surface area (Å²) in [6.07, 6.45) is 0. The van der Waals surface area contributed by atoms with Crippen molar-refractivity contribution < 1.29 is 13.2 Å². The van der Waals surface area contributed by atoms with E-state index in [1.807, 2.05) is 37.3 Å². The van der Waals surface area contributed by atoms with Gasteiger partial charge in [-0.05, 0) is 42.3 Å². The number of hydrogen-bond acceptors (Lipinski definition) is 5. The molecule has 2 N–H and O–H groups in total. The molecular formula is C26H20ClN3O3S. The molecule has 0 spiro atoms. The summed E-state index contributed by atoms with van der Waals surface area (Å²) < 4.78 is 35.6. The predicted molar refractivity (Wildman–Crippen MR) is 132 cm³/mol. The third-order valence-corrected chi connectivity index (χ3v) is 8.14. The van der Waals surface area contributed by atoms with Crippen molar-refractivity contribution in [2.24, 2.45) is 5.73 Å². The van der Waals surface area contributed by atoms with Gasteiger partial charge in [-0.25, -0.2) is 8.42 Å². The molecule has 1 unspecified atom stereocenters. The zero-order valence-electron chi connectivity index (χ0n) is 18.2. The van der Waals surface area contributed by atoms with Crippen molar-refractivity contribution in [2.45, 2.75) is 19.4 Å². The fourth-order valence-corrected chi connectivity index (χ4v) is 6.37. The van der Waals surface area contributed by atoms with Gasteiger partial charge >= 0.3 is 0 Å². The zero-order chi connectivity index (χ0) is 24.0. The topological polar surface area (TPSA) is 96.4 Å². The second kappa shape index (κ2) is 8.24. The molecule has 0 saturated heterocycles. The number of ether oxygens (including phenoxy) is 1. The highest BCUT2D eigenvalue weighted by atomic mass is 35.5. The number of sulfonamides is 1. The van der Waals surface area contributed by atoms with E-state index in [0.29, 0.717) is 21.8 Å². The van der Waals surface area contributed by atoms with Gasteiger partial charge in [0.2, 0.25) is 5.88 Å². The molecule has 34 heavy (non-hydrogen) atoms. The van der Waals surface area contributed by atoms with Gasteiger partial charge in [-0.3, -0.25) is 4.31 Å². The van der Waals surface area contributed by atoms with Crippen LogP contribution in [0.4, 0.5) is 5.69 Å². The molecule has 5 rings (SSSR count). The molecule has 1 atom stereocenters. The molecule has 6 nitrogen and oxygen atoms in total. The van der Waals surface area contributed by atoms with Crippen LogP contribution < -0.4 is 10.0 Å². The lowest BCUT2D eigenvalue weighted by Crippen LogP contribution is -2.39. The molecule has 170 valence electrons. The standard InChI is InChI=1S/C26H20ClN3O3S/c1-16-6-8-17(9-7-16)15-30-22-5-3-2-4-20(22)24-25(34(30,31)32)23(21(14-28)26(29)33-24)18-10-12-19(27)13-11-18/h2-13,23H,15,29H2,1H3. The van der Waals surface area contributed by atoms with Crippen molar-refractivity contribution in [3.05, 3.63) is 116 Å². The SMILES string of the molecule is Cc1ccc(CN2c3ccccc3C3=C(C(c4ccc(Cl)cc4)C(C#N)=C(N)O3)S2(=O)=O)cc1. The summed E-state index contributed by atoms with van der Waals surface area (Å²) in [6, 6.07) is 23.6. The molecule has 0 amide bonds. The molecule has 0 bridgehead atoms. The number of halogens is 1. The monoisotopic (exact) mass is 489 g/mol. The van der Waals surface area contributed by atoms with Crippen molar-refractivity contribution in [1.29, 1.82) is 5.26 Å². The number of hydrogen-bond donors (Lipinski definition) is 1. The maximum Gasteiger partial charge on any atom is 0.265 e. The number of fused-ring (bicyclic) bond motifs is 2. The van der Waals surface area contributed by atoms with Crippen molar-refractivity contribution in [1.82, 2.24) is 0 Å². The number of nitrogens with zero attached hydrogens (tertiary/aromatic N) is 2.